The summed E-state index contributed by atoms with van der Waals surface area (Å²) in [7, 11) is 0. The predicted molar refractivity (Wildman–Crippen MR) is 81.1 cm³/mol. The molecule has 0 spiro atoms. The lowest BCUT2D eigenvalue weighted by molar-refractivity contribution is -0.119. The molecule has 2 aromatic rings. The Morgan fingerprint density at radius 3 is 2.50 bits per heavy atom. The molecule has 104 valence electrons. The van der Waals surface area contributed by atoms with Crippen LogP contribution in [-0.4, -0.2) is 18.2 Å². The molecule has 20 heavy (non-hydrogen) atoms. The maximum atomic E-state index is 11.7. The van der Waals surface area contributed by atoms with Crippen LogP contribution in [0.25, 0.3) is 0 Å². The molecule has 0 saturated carbocycles. The third kappa shape index (κ3) is 4.20. The number of benzene rings is 1. The van der Waals surface area contributed by atoms with Gasteiger partial charge in [0.1, 0.15) is 0 Å². The summed E-state index contributed by atoms with van der Waals surface area (Å²) >= 11 is 1.62. The lowest BCUT2D eigenvalue weighted by Gasteiger charge is -2.07. The molecule has 0 atom stereocenters. The molecule has 0 aliphatic carbocycles. The fourth-order valence-corrected chi connectivity index (χ4v) is 2.31. The van der Waals surface area contributed by atoms with Crippen molar-refractivity contribution < 1.29 is 9.59 Å². The molecule has 1 aromatic carbocycles. The minimum atomic E-state index is -0.0611. The van der Waals surface area contributed by atoms with Gasteiger partial charge in [-0.1, -0.05) is 6.07 Å². The second-order valence-corrected chi connectivity index (χ2v) is 5.38. The van der Waals surface area contributed by atoms with E-state index < -0.39 is 0 Å². The van der Waals surface area contributed by atoms with Gasteiger partial charge in [0.25, 0.3) is 0 Å². The quantitative estimate of drug-likeness (QED) is 0.803. The number of hydrogen-bond donors (Lipinski definition) is 2. The molecule has 0 saturated heterocycles. The maximum Gasteiger partial charge on any atom is 0.239 e. The van der Waals surface area contributed by atoms with Crippen LogP contribution in [0, 0.1) is 0 Å². The zero-order valence-electron chi connectivity index (χ0n) is 11.2. The fraction of sp³-hybridized carbons (Fsp3) is 0.200. The van der Waals surface area contributed by atoms with Gasteiger partial charge in [-0.15, -0.1) is 11.3 Å². The zero-order chi connectivity index (χ0) is 14.4. The van der Waals surface area contributed by atoms with E-state index in [9.17, 15) is 9.59 Å². The van der Waals surface area contributed by atoms with E-state index in [4.69, 9.17) is 0 Å². The summed E-state index contributed by atoms with van der Waals surface area (Å²) in [6, 6.07) is 11.0. The van der Waals surface area contributed by atoms with Crippen molar-refractivity contribution in [2.75, 3.05) is 11.9 Å². The Kier molecular flexibility index (Phi) is 4.90. The molecular formula is C15H16N2O2S. The summed E-state index contributed by atoms with van der Waals surface area (Å²) in [5.74, 6) is -0.0284. The van der Waals surface area contributed by atoms with E-state index in [-0.39, 0.29) is 18.2 Å². The summed E-state index contributed by atoms with van der Waals surface area (Å²) in [4.78, 5) is 23.9. The van der Waals surface area contributed by atoms with Crippen LogP contribution in [0.1, 0.15) is 22.2 Å². The third-order valence-corrected chi connectivity index (χ3v) is 3.66. The molecule has 0 fully saturated rings. The van der Waals surface area contributed by atoms with Crippen LogP contribution < -0.4 is 10.6 Å². The number of thiophene rings is 1. The van der Waals surface area contributed by atoms with Crippen molar-refractivity contribution in [3.8, 4) is 0 Å². The highest BCUT2D eigenvalue weighted by Gasteiger charge is 2.03. The lowest BCUT2D eigenvalue weighted by Crippen LogP contribution is -2.29. The average Bonchev–Trinajstić information content (AvgIpc) is 2.96. The van der Waals surface area contributed by atoms with Gasteiger partial charge in [0.05, 0.1) is 13.1 Å². The number of amides is 1. The van der Waals surface area contributed by atoms with Crippen LogP contribution in [0.4, 0.5) is 5.69 Å². The number of hydrogen-bond acceptors (Lipinski definition) is 4. The van der Waals surface area contributed by atoms with Gasteiger partial charge in [0.2, 0.25) is 5.91 Å². The van der Waals surface area contributed by atoms with Crippen molar-refractivity contribution in [3.63, 3.8) is 0 Å². The van der Waals surface area contributed by atoms with Gasteiger partial charge in [-0.2, -0.15) is 0 Å². The molecule has 1 amide bonds. The van der Waals surface area contributed by atoms with Crippen molar-refractivity contribution in [2.24, 2.45) is 0 Å². The summed E-state index contributed by atoms with van der Waals surface area (Å²) in [5, 5.41) is 7.84. The fourth-order valence-electron chi connectivity index (χ4n) is 1.67. The molecule has 0 aliphatic rings. The minimum absolute atomic E-state index is 0.0326. The van der Waals surface area contributed by atoms with Crippen LogP contribution in [0.5, 0.6) is 0 Å². The van der Waals surface area contributed by atoms with E-state index in [0.29, 0.717) is 12.1 Å². The van der Waals surface area contributed by atoms with E-state index in [1.54, 1.807) is 35.6 Å². The number of carbonyl (C=O) groups excluding carboxylic acids is 2. The molecule has 5 heteroatoms. The Labute approximate surface area is 121 Å². The Morgan fingerprint density at radius 2 is 1.90 bits per heavy atom. The highest BCUT2D eigenvalue weighted by molar-refractivity contribution is 7.09. The molecule has 2 rings (SSSR count). The topological polar surface area (TPSA) is 58.2 Å². The van der Waals surface area contributed by atoms with E-state index in [2.05, 4.69) is 10.6 Å². The van der Waals surface area contributed by atoms with Gasteiger partial charge in [-0.3, -0.25) is 9.59 Å². The summed E-state index contributed by atoms with van der Waals surface area (Å²) < 4.78 is 0. The minimum Gasteiger partial charge on any atom is -0.376 e. The number of nitrogens with one attached hydrogen (secondary N) is 2. The van der Waals surface area contributed by atoms with Crippen LogP contribution in [-0.2, 0) is 11.3 Å². The van der Waals surface area contributed by atoms with Gasteiger partial charge < -0.3 is 10.6 Å². The highest BCUT2D eigenvalue weighted by atomic mass is 32.1. The van der Waals surface area contributed by atoms with Crippen molar-refractivity contribution in [3.05, 3.63) is 52.2 Å². The normalized spacial score (nSPS) is 10.1. The predicted octanol–water partition coefficient (Wildman–Crippen LogP) is 2.68. The van der Waals surface area contributed by atoms with Gasteiger partial charge in [0.15, 0.2) is 5.78 Å². The van der Waals surface area contributed by atoms with E-state index >= 15 is 0 Å². The molecule has 0 unspecified atom stereocenters. The Bertz CT molecular complexity index is 576. The smallest absolute Gasteiger partial charge is 0.239 e. The number of Topliss-reactive ketones (excluding diaryl/α,β-unsaturated/α-hetero) is 1. The van der Waals surface area contributed by atoms with E-state index in [1.807, 2.05) is 17.5 Å². The van der Waals surface area contributed by atoms with Crippen molar-refractivity contribution in [2.45, 2.75) is 13.5 Å². The molecule has 4 nitrogen and oxygen atoms in total. The van der Waals surface area contributed by atoms with Crippen molar-refractivity contribution >= 4 is 28.7 Å². The monoisotopic (exact) mass is 288 g/mol. The van der Waals surface area contributed by atoms with E-state index in [1.165, 1.54) is 6.92 Å². The second kappa shape index (κ2) is 6.86. The Morgan fingerprint density at radius 1 is 1.15 bits per heavy atom. The number of carbonyl (C=O) groups is 2. The molecule has 1 aromatic heterocycles. The first-order valence-electron chi connectivity index (χ1n) is 6.29. The Hall–Kier alpha value is -2.14. The third-order valence-electron chi connectivity index (χ3n) is 2.78. The largest absolute Gasteiger partial charge is 0.376 e. The van der Waals surface area contributed by atoms with Crippen LogP contribution in [0.3, 0.4) is 0 Å². The number of ketones is 1. The van der Waals surface area contributed by atoms with Crippen molar-refractivity contribution in [1.82, 2.24) is 5.32 Å². The Balaban J connectivity index is 1.76. The highest BCUT2D eigenvalue weighted by Crippen LogP contribution is 2.10. The summed E-state index contributed by atoms with van der Waals surface area (Å²) in [6.07, 6.45) is 0. The first-order valence-corrected chi connectivity index (χ1v) is 7.17. The average molecular weight is 288 g/mol. The van der Waals surface area contributed by atoms with Gasteiger partial charge in [0, 0.05) is 16.1 Å². The molecule has 0 radical (unpaired) electrons. The van der Waals surface area contributed by atoms with Gasteiger partial charge >= 0.3 is 0 Å². The molecule has 0 bridgehead atoms. The first-order chi connectivity index (χ1) is 9.65. The van der Waals surface area contributed by atoms with Crippen LogP contribution >= 0.6 is 11.3 Å². The van der Waals surface area contributed by atoms with E-state index in [0.717, 1.165) is 10.6 Å². The first kappa shape index (κ1) is 14.3. The number of anilines is 1. The summed E-state index contributed by atoms with van der Waals surface area (Å²) in [5.41, 5.74) is 1.49. The van der Waals surface area contributed by atoms with Gasteiger partial charge in [-0.25, -0.2) is 0 Å². The SMILES string of the molecule is CC(=O)c1ccc(NCC(=O)NCc2cccs2)cc1. The number of rotatable bonds is 6. The second-order valence-electron chi connectivity index (χ2n) is 4.34. The maximum absolute atomic E-state index is 11.7. The van der Waals surface area contributed by atoms with Crippen LogP contribution in [0.15, 0.2) is 41.8 Å². The standard InChI is InChI=1S/C15H16N2O2S/c1-11(18)12-4-6-13(7-5-12)16-10-15(19)17-9-14-3-2-8-20-14/h2-8,16H,9-10H2,1H3,(H,17,19). The zero-order valence-corrected chi connectivity index (χ0v) is 12.0. The molecule has 1 heterocycles. The summed E-state index contributed by atoms with van der Waals surface area (Å²) in [6.45, 7) is 2.30. The molecule has 2 N–H and O–H groups in total. The van der Waals surface area contributed by atoms with Gasteiger partial charge in [-0.05, 0) is 42.6 Å². The van der Waals surface area contributed by atoms with Crippen molar-refractivity contribution in [1.29, 1.82) is 0 Å². The lowest BCUT2D eigenvalue weighted by atomic mass is 10.1. The molecular weight excluding hydrogens is 272 g/mol. The van der Waals surface area contributed by atoms with Crippen LogP contribution in [0.2, 0.25) is 0 Å². The molecule has 0 aliphatic heterocycles.